The van der Waals surface area contributed by atoms with Gasteiger partial charge in [-0.15, -0.1) is 0 Å². The van der Waals surface area contributed by atoms with Crippen molar-refractivity contribution in [2.24, 2.45) is 0 Å². The Morgan fingerprint density at radius 1 is 0.906 bits per heavy atom. The average Bonchev–Trinajstić information content (AvgIpc) is 2.78. The summed E-state index contributed by atoms with van der Waals surface area (Å²) in [5, 5.41) is 2.95. The lowest BCUT2D eigenvalue weighted by atomic mass is 9.98. The van der Waals surface area contributed by atoms with Gasteiger partial charge in [0.05, 0.1) is 11.7 Å². The van der Waals surface area contributed by atoms with Gasteiger partial charge in [-0.25, -0.2) is 8.70 Å². The maximum absolute atomic E-state index is 13.4. The van der Waals surface area contributed by atoms with E-state index in [9.17, 15) is 17.6 Å². The molecule has 1 amide bonds. The van der Waals surface area contributed by atoms with Gasteiger partial charge in [-0.2, -0.15) is 12.7 Å². The first kappa shape index (κ1) is 23.4. The Morgan fingerprint density at radius 2 is 1.47 bits per heavy atom. The molecule has 0 radical (unpaired) electrons. The zero-order valence-electron chi connectivity index (χ0n) is 18.2. The van der Waals surface area contributed by atoms with Crippen molar-refractivity contribution in [2.45, 2.75) is 13.0 Å². The van der Waals surface area contributed by atoms with Crippen LogP contribution in [0.4, 0.5) is 10.1 Å². The molecule has 6 nitrogen and oxygen atoms in total. The molecule has 0 aliphatic carbocycles. The Balaban J connectivity index is 1.91. The number of carbonyl (C=O) groups excluding carboxylic acids is 1. The molecule has 0 aromatic heterocycles. The topological polar surface area (TPSA) is 69.7 Å². The van der Waals surface area contributed by atoms with Crippen molar-refractivity contribution in [3.8, 4) is 0 Å². The largest absolute Gasteiger partial charge is 0.344 e. The van der Waals surface area contributed by atoms with Gasteiger partial charge in [-0.1, -0.05) is 60.2 Å². The second-order valence-electron chi connectivity index (χ2n) is 7.60. The number of nitrogens with one attached hydrogen (secondary N) is 1. The Kier molecular flexibility index (Phi) is 7.27. The van der Waals surface area contributed by atoms with Crippen molar-refractivity contribution >= 4 is 21.8 Å². The lowest BCUT2D eigenvalue weighted by Crippen LogP contribution is -2.46. The number of hydrogen-bond acceptors (Lipinski definition) is 3. The van der Waals surface area contributed by atoms with Gasteiger partial charge < -0.3 is 5.32 Å². The molecule has 1 atom stereocenters. The van der Waals surface area contributed by atoms with Crippen molar-refractivity contribution in [3.63, 3.8) is 0 Å². The van der Waals surface area contributed by atoms with Crippen molar-refractivity contribution in [3.05, 3.63) is 101 Å². The summed E-state index contributed by atoms with van der Waals surface area (Å²) < 4.78 is 41.1. The lowest BCUT2D eigenvalue weighted by molar-refractivity contribution is -0.120. The monoisotopic (exact) mass is 455 g/mol. The van der Waals surface area contributed by atoms with Crippen LogP contribution in [-0.2, 0) is 15.0 Å². The first-order valence-corrected chi connectivity index (χ1v) is 11.4. The van der Waals surface area contributed by atoms with Crippen molar-refractivity contribution in [1.82, 2.24) is 9.62 Å². The number of amides is 1. The molecule has 0 aliphatic rings. The second kappa shape index (κ2) is 9.93. The number of benzene rings is 3. The quantitative estimate of drug-likeness (QED) is 0.564. The predicted molar refractivity (Wildman–Crippen MR) is 124 cm³/mol. The average molecular weight is 456 g/mol. The molecule has 0 saturated heterocycles. The summed E-state index contributed by atoms with van der Waals surface area (Å²) in [6.45, 7) is 1.52. The van der Waals surface area contributed by atoms with E-state index in [1.165, 1.54) is 26.2 Å². The third-order valence-corrected chi connectivity index (χ3v) is 6.81. The number of aryl methyl sites for hydroxylation is 1. The maximum Gasteiger partial charge on any atom is 0.304 e. The normalized spacial score (nSPS) is 12.4. The van der Waals surface area contributed by atoms with E-state index in [0.717, 1.165) is 37.4 Å². The van der Waals surface area contributed by atoms with Crippen molar-refractivity contribution in [1.29, 1.82) is 0 Å². The summed E-state index contributed by atoms with van der Waals surface area (Å²) in [5.41, 5.74) is 3.03. The van der Waals surface area contributed by atoms with Gasteiger partial charge >= 0.3 is 10.2 Å². The molecule has 168 valence electrons. The van der Waals surface area contributed by atoms with Crippen LogP contribution in [0.1, 0.15) is 22.7 Å². The highest BCUT2D eigenvalue weighted by atomic mass is 32.2. The molecule has 3 aromatic carbocycles. The molecule has 32 heavy (non-hydrogen) atoms. The first-order chi connectivity index (χ1) is 15.2. The second-order valence-corrected chi connectivity index (χ2v) is 9.66. The minimum absolute atomic E-state index is 0.196. The molecule has 1 N–H and O–H groups in total. The molecule has 0 spiro atoms. The summed E-state index contributed by atoms with van der Waals surface area (Å²) in [6, 6.07) is 21.7. The smallest absolute Gasteiger partial charge is 0.304 e. The van der Waals surface area contributed by atoms with Crippen LogP contribution in [0.25, 0.3) is 0 Å². The van der Waals surface area contributed by atoms with Crippen LogP contribution in [-0.4, -0.2) is 39.3 Å². The maximum atomic E-state index is 13.4. The van der Waals surface area contributed by atoms with Crippen LogP contribution in [0, 0.1) is 12.7 Å². The Bertz CT molecular complexity index is 1150. The van der Waals surface area contributed by atoms with Crippen LogP contribution in [0.2, 0.25) is 0 Å². The third-order valence-electron chi connectivity index (χ3n) is 4.99. The molecule has 0 bridgehead atoms. The highest BCUT2D eigenvalue weighted by molar-refractivity contribution is 7.90. The van der Waals surface area contributed by atoms with E-state index in [4.69, 9.17) is 0 Å². The van der Waals surface area contributed by atoms with Gasteiger partial charge in [0.15, 0.2) is 0 Å². The molecule has 3 rings (SSSR count). The van der Waals surface area contributed by atoms with Gasteiger partial charge in [0.25, 0.3) is 0 Å². The molecular formula is C24H26FN3O3S. The fraction of sp³-hybridized carbons (Fsp3) is 0.208. The number of halogens is 1. The van der Waals surface area contributed by atoms with E-state index in [1.807, 2.05) is 61.5 Å². The molecule has 8 heteroatoms. The van der Waals surface area contributed by atoms with E-state index in [0.29, 0.717) is 0 Å². The highest BCUT2D eigenvalue weighted by Crippen LogP contribution is 2.24. The zero-order valence-corrected chi connectivity index (χ0v) is 19.0. The SMILES string of the molecule is Cc1ccc(C(NC(=O)CN(c2ccc(F)cc2)S(=O)(=O)N(C)C)c2ccccc2)cc1. The van der Waals surface area contributed by atoms with E-state index in [1.54, 1.807) is 0 Å². The standard InChI is InChI=1S/C24H26FN3O3S/c1-18-9-11-20(12-10-18)24(19-7-5-4-6-8-19)26-23(29)17-28(32(30,31)27(2)3)22-15-13-21(25)14-16-22/h4-16,24H,17H2,1-3H3,(H,26,29). The Morgan fingerprint density at radius 3 is 2.03 bits per heavy atom. The van der Waals surface area contributed by atoms with Gasteiger partial charge in [0, 0.05) is 14.1 Å². The number of carbonyl (C=O) groups is 1. The predicted octanol–water partition coefficient (Wildman–Crippen LogP) is 3.65. The highest BCUT2D eigenvalue weighted by Gasteiger charge is 2.28. The molecule has 0 fully saturated rings. The summed E-state index contributed by atoms with van der Waals surface area (Å²) in [4.78, 5) is 13.1. The molecule has 0 saturated carbocycles. The lowest BCUT2D eigenvalue weighted by Gasteiger charge is -2.28. The Hall–Kier alpha value is -3.23. The number of rotatable bonds is 8. The minimum atomic E-state index is -3.99. The number of hydrogen-bond donors (Lipinski definition) is 1. The van der Waals surface area contributed by atoms with E-state index in [2.05, 4.69) is 5.32 Å². The molecule has 3 aromatic rings. The molecule has 1 unspecified atom stereocenters. The van der Waals surface area contributed by atoms with Crippen LogP contribution < -0.4 is 9.62 Å². The summed E-state index contributed by atoms with van der Waals surface area (Å²) in [5.74, 6) is -0.988. The van der Waals surface area contributed by atoms with Gasteiger partial charge in [-0.05, 0) is 42.3 Å². The zero-order chi connectivity index (χ0) is 23.3. The van der Waals surface area contributed by atoms with Crippen LogP contribution in [0.15, 0.2) is 78.9 Å². The summed E-state index contributed by atoms with van der Waals surface area (Å²) >= 11 is 0. The Labute approximate surface area is 188 Å². The number of nitrogens with zero attached hydrogens (tertiary/aromatic N) is 2. The summed E-state index contributed by atoms with van der Waals surface area (Å²) in [7, 11) is -1.23. The summed E-state index contributed by atoms with van der Waals surface area (Å²) in [6.07, 6.45) is 0. The van der Waals surface area contributed by atoms with Crippen molar-refractivity contribution in [2.75, 3.05) is 24.9 Å². The number of anilines is 1. The third kappa shape index (κ3) is 5.52. The fourth-order valence-electron chi connectivity index (χ4n) is 3.21. The molecular weight excluding hydrogens is 429 g/mol. The minimum Gasteiger partial charge on any atom is -0.344 e. The van der Waals surface area contributed by atoms with Crippen LogP contribution in [0.5, 0.6) is 0 Å². The van der Waals surface area contributed by atoms with E-state index >= 15 is 0 Å². The fourth-order valence-corrected chi connectivity index (χ4v) is 4.27. The molecule has 0 aliphatic heterocycles. The van der Waals surface area contributed by atoms with Crippen LogP contribution in [0.3, 0.4) is 0 Å². The van der Waals surface area contributed by atoms with E-state index in [-0.39, 0.29) is 5.69 Å². The van der Waals surface area contributed by atoms with Gasteiger partial charge in [-0.3, -0.25) is 4.79 Å². The molecule has 0 heterocycles. The first-order valence-electron chi connectivity index (χ1n) is 10.0. The van der Waals surface area contributed by atoms with Gasteiger partial charge in [0.2, 0.25) is 5.91 Å². The van der Waals surface area contributed by atoms with Crippen LogP contribution >= 0.6 is 0 Å². The van der Waals surface area contributed by atoms with Crippen molar-refractivity contribution < 1.29 is 17.6 Å². The van der Waals surface area contributed by atoms with E-state index < -0.39 is 34.5 Å². The van der Waals surface area contributed by atoms with Gasteiger partial charge in [0.1, 0.15) is 12.4 Å².